The van der Waals surface area contributed by atoms with Gasteiger partial charge in [0.05, 0.1) is 0 Å². The molecule has 17 heavy (non-hydrogen) atoms. The minimum Gasteiger partial charge on any atom is -0.313 e. The standard InChI is InChI=1S/C15H21NS/c1-4-11(2)9-14(16-3)13-10-17-15-8-6-5-7-12(13)15/h5-8,10-11,14,16H,4,9H2,1-3H3. The monoisotopic (exact) mass is 247 g/mol. The molecular formula is C15H21NS. The maximum Gasteiger partial charge on any atom is 0.0346 e. The van der Waals surface area contributed by atoms with Crippen molar-refractivity contribution in [2.24, 2.45) is 5.92 Å². The molecule has 0 spiro atoms. The van der Waals surface area contributed by atoms with Crippen LogP contribution in [0.3, 0.4) is 0 Å². The van der Waals surface area contributed by atoms with Gasteiger partial charge in [0.2, 0.25) is 0 Å². The number of thiophene rings is 1. The fourth-order valence-electron chi connectivity index (χ4n) is 2.24. The Morgan fingerprint density at radius 1 is 1.29 bits per heavy atom. The third-order valence-electron chi connectivity index (χ3n) is 3.57. The van der Waals surface area contributed by atoms with Crippen LogP contribution in [0.15, 0.2) is 29.6 Å². The van der Waals surface area contributed by atoms with E-state index in [9.17, 15) is 0 Å². The van der Waals surface area contributed by atoms with Crippen LogP contribution in [0, 0.1) is 5.92 Å². The highest BCUT2D eigenvalue weighted by molar-refractivity contribution is 7.17. The normalized spacial score (nSPS) is 15.0. The molecule has 2 unspecified atom stereocenters. The molecule has 2 aromatic rings. The summed E-state index contributed by atoms with van der Waals surface area (Å²) in [6, 6.07) is 9.18. The molecule has 92 valence electrons. The second kappa shape index (κ2) is 5.65. The topological polar surface area (TPSA) is 12.0 Å². The number of fused-ring (bicyclic) bond motifs is 1. The zero-order valence-electron chi connectivity index (χ0n) is 10.9. The van der Waals surface area contributed by atoms with Crippen molar-refractivity contribution in [1.29, 1.82) is 0 Å². The smallest absolute Gasteiger partial charge is 0.0346 e. The number of rotatable bonds is 5. The largest absolute Gasteiger partial charge is 0.313 e. The average Bonchev–Trinajstić information content (AvgIpc) is 2.79. The highest BCUT2D eigenvalue weighted by Gasteiger charge is 2.16. The van der Waals surface area contributed by atoms with Crippen LogP contribution in [0.25, 0.3) is 10.1 Å². The van der Waals surface area contributed by atoms with E-state index in [0.29, 0.717) is 6.04 Å². The van der Waals surface area contributed by atoms with Gasteiger partial charge in [0.15, 0.2) is 0 Å². The summed E-state index contributed by atoms with van der Waals surface area (Å²) in [4.78, 5) is 0. The summed E-state index contributed by atoms with van der Waals surface area (Å²) in [5.41, 5.74) is 1.47. The van der Waals surface area contributed by atoms with Crippen molar-refractivity contribution >= 4 is 21.4 Å². The summed E-state index contributed by atoms with van der Waals surface area (Å²) in [6.45, 7) is 4.60. The zero-order chi connectivity index (χ0) is 12.3. The molecule has 0 fully saturated rings. The van der Waals surface area contributed by atoms with E-state index in [0.717, 1.165) is 5.92 Å². The maximum absolute atomic E-state index is 3.47. The van der Waals surface area contributed by atoms with Crippen molar-refractivity contribution in [2.45, 2.75) is 32.7 Å². The van der Waals surface area contributed by atoms with E-state index in [1.807, 2.05) is 11.3 Å². The van der Waals surface area contributed by atoms with Gasteiger partial charge in [-0.2, -0.15) is 0 Å². The van der Waals surface area contributed by atoms with Gasteiger partial charge in [-0.05, 0) is 41.8 Å². The molecule has 0 saturated heterocycles. The third kappa shape index (κ3) is 2.70. The quantitative estimate of drug-likeness (QED) is 0.814. The van der Waals surface area contributed by atoms with E-state index in [2.05, 4.69) is 55.9 Å². The van der Waals surface area contributed by atoms with Crippen molar-refractivity contribution in [3.8, 4) is 0 Å². The van der Waals surface area contributed by atoms with E-state index in [1.165, 1.54) is 28.5 Å². The molecule has 0 aliphatic heterocycles. The van der Waals surface area contributed by atoms with Gasteiger partial charge < -0.3 is 5.32 Å². The lowest BCUT2D eigenvalue weighted by atomic mass is 9.94. The summed E-state index contributed by atoms with van der Waals surface area (Å²) in [5, 5.41) is 7.20. The molecular weight excluding hydrogens is 226 g/mol. The van der Waals surface area contributed by atoms with E-state index < -0.39 is 0 Å². The van der Waals surface area contributed by atoms with Crippen LogP contribution in [0.4, 0.5) is 0 Å². The molecule has 1 N–H and O–H groups in total. The molecule has 0 radical (unpaired) electrons. The Kier molecular flexibility index (Phi) is 4.19. The van der Waals surface area contributed by atoms with E-state index in [1.54, 1.807) is 0 Å². The Hall–Kier alpha value is -0.860. The van der Waals surface area contributed by atoms with Crippen LogP contribution in [0.2, 0.25) is 0 Å². The van der Waals surface area contributed by atoms with Gasteiger partial charge in [-0.15, -0.1) is 11.3 Å². The molecule has 1 aromatic carbocycles. The van der Waals surface area contributed by atoms with Gasteiger partial charge in [0.1, 0.15) is 0 Å². The molecule has 2 rings (SSSR count). The van der Waals surface area contributed by atoms with E-state index in [-0.39, 0.29) is 0 Å². The fraction of sp³-hybridized carbons (Fsp3) is 0.467. The predicted molar refractivity (Wildman–Crippen MR) is 77.7 cm³/mol. The van der Waals surface area contributed by atoms with Crippen LogP contribution >= 0.6 is 11.3 Å². The lowest BCUT2D eigenvalue weighted by Crippen LogP contribution is -2.18. The molecule has 0 saturated carbocycles. The SMILES string of the molecule is CCC(C)CC(NC)c1csc2ccccc12. The first kappa shape index (κ1) is 12.6. The van der Waals surface area contributed by atoms with Gasteiger partial charge in [-0.3, -0.25) is 0 Å². The summed E-state index contributed by atoms with van der Waals surface area (Å²) in [5.74, 6) is 0.770. The van der Waals surface area contributed by atoms with Crippen molar-refractivity contribution in [3.63, 3.8) is 0 Å². The second-order valence-electron chi connectivity index (χ2n) is 4.78. The van der Waals surface area contributed by atoms with Crippen LogP contribution in [0.5, 0.6) is 0 Å². The van der Waals surface area contributed by atoms with Crippen molar-refractivity contribution < 1.29 is 0 Å². The van der Waals surface area contributed by atoms with Crippen LogP contribution in [-0.2, 0) is 0 Å². The molecule has 2 atom stereocenters. The van der Waals surface area contributed by atoms with Gasteiger partial charge in [0, 0.05) is 10.7 Å². The summed E-state index contributed by atoms with van der Waals surface area (Å²) >= 11 is 1.85. The zero-order valence-corrected chi connectivity index (χ0v) is 11.7. The van der Waals surface area contributed by atoms with Gasteiger partial charge in [-0.1, -0.05) is 38.5 Å². The molecule has 0 amide bonds. The molecule has 0 aliphatic rings. The highest BCUT2D eigenvalue weighted by Crippen LogP contribution is 2.33. The minimum absolute atomic E-state index is 0.487. The number of nitrogens with one attached hydrogen (secondary N) is 1. The molecule has 2 heteroatoms. The van der Waals surface area contributed by atoms with Gasteiger partial charge in [0.25, 0.3) is 0 Å². The van der Waals surface area contributed by atoms with Gasteiger partial charge >= 0.3 is 0 Å². The lowest BCUT2D eigenvalue weighted by Gasteiger charge is -2.19. The Balaban J connectivity index is 2.30. The molecule has 0 aliphatic carbocycles. The van der Waals surface area contributed by atoms with Gasteiger partial charge in [-0.25, -0.2) is 0 Å². The van der Waals surface area contributed by atoms with E-state index >= 15 is 0 Å². The summed E-state index contributed by atoms with van der Waals surface area (Å²) in [7, 11) is 2.07. The van der Waals surface area contributed by atoms with E-state index in [4.69, 9.17) is 0 Å². The predicted octanol–water partition coefficient (Wildman–Crippen LogP) is 4.60. The molecule has 0 bridgehead atoms. The Morgan fingerprint density at radius 3 is 2.76 bits per heavy atom. The maximum atomic E-state index is 3.47. The van der Waals surface area contributed by atoms with Crippen LogP contribution in [-0.4, -0.2) is 7.05 Å². The molecule has 1 nitrogen and oxygen atoms in total. The van der Waals surface area contributed by atoms with Crippen molar-refractivity contribution in [3.05, 3.63) is 35.2 Å². The molecule has 1 aromatic heterocycles. The average molecular weight is 247 g/mol. The second-order valence-corrected chi connectivity index (χ2v) is 5.69. The van der Waals surface area contributed by atoms with Crippen molar-refractivity contribution in [2.75, 3.05) is 7.05 Å². The highest BCUT2D eigenvalue weighted by atomic mass is 32.1. The molecule has 1 heterocycles. The minimum atomic E-state index is 0.487. The number of hydrogen-bond acceptors (Lipinski definition) is 2. The first-order chi connectivity index (χ1) is 8.26. The first-order valence-electron chi connectivity index (χ1n) is 6.39. The Morgan fingerprint density at radius 2 is 2.06 bits per heavy atom. The fourth-order valence-corrected chi connectivity index (χ4v) is 3.25. The third-order valence-corrected chi connectivity index (χ3v) is 4.55. The van der Waals surface area contributed by atoms with Crippen LogP contribution < -0.4 is 5.32 Å². The summed E-state index contributed by atoms with van der Waals surface area (Å²) in [6.07, 6.45) is 2.47. The Bertz CT molecular complexity index is 474. The number of hydrogen-bond donors (Lipinski definition) is 1. The first-order valence-corrected chi connectivity index (χ1v) is 7.27. The van der Waals surface area contributed by atoms with Crippen molar-refractivity contribution in [1.82, 2.24) is 5.32 Å². The Labute approximate surface area is 108 Å². The lowest BCUT2D eigenvalue weighted by molar-refractivity contribution is 0.424. The summed E-state index contributed by atoms with van der Waals surface area (Å²) < 4.78 is 1.40. The number of benzene rings is 1. The van der Waals surface area contributed by atoms with Crippen LogP contribution in [0.1, 0.15) is 38.3 Å².